The topological polar surface area (TPSA) is 94.8 Å². The van der Waals surface area contributed by atoms with E-state index in [4.69, 9.17) is 5.11 Å². The molecule has 2 rings (SSSR count). The van der Waals surface area contributed by atoms with Crippen molar-refractivity contribution in [3.05, 3.63) is 40.8 Å². The van der Waals surface area contributed by atoms with Crippen LogP contribution >= 0.6 is 11.3 Å². The standard InChI is InChI=1S/C22H28O5S/c1-2-3-4-9-19(25)22-16(15-8-5-6-11-20(15)28-22)13-14-18(24)17(23)10-7-12-21(26)27/h5-6,8,11,13-14,17-18,23-24H,2-4,7,9-10,12H2,1H3,(H,26,27)/b14-13+/t17-,18+/m0/s1. The maximum atomic E-state index is 12.7. The van der Waals surface area contributed by atoms with Crippen LogP contribution in [0.15, 0.2) is 30.3 Å². The monoisotopic (exact) mass is 404 g/mol. The highest BCUT2D eigenvalue weighted by atomic mass is 32.1. The zero-order chi connectivity index (χ0) is 20.5. The number of unbranched alkanes of at least 4 members (excludes halogenated alkanes) is 2. The molecule has 0 bridgehead atoms. The molecule has 28 heavy (non-hydrogen) atoms. The first-order valence-electron chi connectivity index (χ1n) is 9.74. The van der Waals surface area contributed by atoms with Crippen LogP contribution in [0, 0.1) is 0 Å². The quantitative estimate of drug-likeness (QED) is 0.353. The van der Waals surface area contributed by atoms with Crippen molar-refractivity contribution < 1.29 is 24.9 Å². The van der Waals surface area contributed by atoms with E-state index in [2.05, 4.69) is 6.92 Å². The highest BCUT2D eigenvalue weighted by Gasteiger charge is 2.18. The number of aliphatic hydroxyl groups is 2. The van der Waals surface area contributed by atoms with E-state index in [0.717, 1.165) is 34.9 Å². The predicted octanol–water partition coefficient (Wildman–Crippen LogP) is 4.65. The second kappa shape index (κ2) is 11.1. The molecule has 152 valence electrons. The summed E-state index contributed by atoms with van der Waals surface area (Å²) in [6.45, 7) is 2.10. The van der Waals surface area contributed by atoms with Crippen LogP contribution in [-0.2, 0) is 4.79 Å². The molecule has 0 saturated heterocycles. The van der Waals surface area contributed by atoms with Crippen LogP contribution in [0.5, 0.6) is 0 Å². The molecule has 3 N–H and O–H groups in total. The number of Topliss-reactive ketones (excluding diaryl/α,β-unsaturated/α-hetero) is 1. The Labute approximate surface area is 169 Å². The SMILES string of the molecule is CCCCCC(=O)c1sc2ccccc2c1/C=C/[C@@H](O)[C@@H](O)CCCC(=O)O. The van der Waals surface area contributed by atoms with Gasteiger partial charge in [0.2, 0.25) is 0 Å². The van der Waals surface area contributed by atoms with Crippen LogP contribution in [0.4, 0.5) is 0 Å². The molecule has 0 fully saturated rings. The third-order valence-electron chi connectivity index (χ3n) is 4.64. The lowest BCUT2D eigenvalue weighted by atomic mass is 10.0. The Kier molecular flexibility index (Phi) is 8.83. The second-order valence-electron chi connectivity index (χ2n) is 6.92. The number of ketones is 1. The van der Waals surface area contributed by atoms with Gasteiger partial charge in [-0.05, 0) is 25.3 Å². The molecule has 2 atom stereocenters. The Morgan fingerprint density at radius 3 is 2.57 bits per heavy atom. The zero-order valence-electron chi connectivity index (χ0n) is 16.1. The van der Waals surface area contributed by atoms with Crippen molar-refractivity contribution in [2.24, 2.45) is 0 Å². The van der Waals surface area contributed by atoms with Gasteiger partial charge in [0.1, 0.15) is 0 Å². The lowest BCUT2D eigenvalue weighted by Crippen LogP contribution is -2.23. The molecule has 0 spiro atoms. The number of carboxylic acids is 1. The molecule has 1 heterocycles. The molecular formula is C22H28O5S. The number of hydrogen-bond donors (Lipinski definition) is 3. The van der Waals surface area contributed by atoms with Crippen LogP contribution in [0.1, 0.15) is 67.1 Å². The number of benzene rings is 1. The lowest BCUT2D eigenvalue weighted by molar-refractivity contribution is -0.137. The maximum Gasteiger partial charge on any atom is 0.303 e. The lowest BCUT2D eigenvalue weighted by Gasteiger charge is -2.13. The van der Waals surface area contributed by atoms with E-state index < -0.39 is 18.2 Å². The van der Waals surface area contributed by atoms with E-state index in [1.165, 1.54) is 17.4 Å². The number of aliphatic carboxylic acids is 1. The average Bonchev–Trinajstić information content (AvgIpc) is 3.04. The van der Waals surface area contributed by atoms with Crippen LogP contribution in [0.25, 0.3) is 16.2 Å². The minimum Gasteiger partial charge on any atom is -0.481 e. The van der Waals surface area contributed by atoms with Gasteiger partial charge in [0.25, 0.3) is 0 Å². The van der Waals surface area contributed by atoms with E-state index in [1.807, 2.05) is 24.3 Å². The molecule has 1 aromatic carbocycles. The van der Waals surface area contributed by atoms with Crippen molar-refractivity contribution in [1.82, 2.24) is 0 Å². The number of fused-ring (bicyclic) bond motifs is 1. The Balaban J connectivity index is 2.17. The van der Waals surface area contributed by atoms with Gasteiger partial charge in [-0.3, -0.25) is 9.59 Å². The van der Waals surface area contributed by atoms with E-state index >= 15 is 0 Å². The molecule has 0 amide bonds. The zero-order valence-corrected chi connectivity index (χ0v) is 17.0. The van der Waals surface area contributed by atoms with Crippen LogP contribution in [-0.4, -0.2) is 39.3 Å². The molecule has 0 saturated carbocycles. The first-order chi connectivity index (χ1) is 13.4. The molecule has 2 aromatic rings. The van der Waals surface area contributed by atoms with Gasteiger partial charge in [0.15, 0.2) is 5.78 Å². The normalized spacial score (nSPS) is 13.8. The third kappa shape index (κ3) is 6.26. The number of thiophene rings is 1. The fourth-order valence-electron chi connectivity index (χ4n) is 3.04. The number of carbonyl (C=O) groups excluding carboxylic acids is 1. The summed E-state index contributed by atoms with van der Waals surface area (Å²) in [6.07, 6.45) is 4.93. The summed E-state index contributed by atoms with van der Waals surface area (Å²) in [7, 11) is 0. The highest BCUT2D eigenvalue weighted by Crippen LogP contribution is 2.33. The second-order valence-corrected chi connectivity index (χ2v) is 7.98. The summed E-state index contributed by atoms with van der Waals surface area (Å²) in [5, 5.41) is 29.8. The summed E-state index contributed by atoms with van der Waals surface area (Å²) < 4.78 is 1.01. The van der Waals surface area contributed by atoms with Crippen molar-refractivity contribution >= 4 is 39.3 Å². The Hall–Kier alpha value is -2.02. The molecule has 0 aliphatic heterocycles. The largest absolute Gasteiger partial charge is 0.481 e. The number of aliphatic hydroxyl groups excluding tert-OH is 2. The molecule has 0 aliphatic rings. The van der Waals surface area contributed by atoms with Crippen LogP contribution in [0.2, 0.25) is 0 Å². The van der Waals surface area contributed by atoms with Gasteiger partial charge in [-0.25, -0.2) is 0 Å². The summed E-state index contributed by atoms with van der Waals surface area (Å²) >= 11 is 1.46. The van der Waals surface area contributed by atoms with Gasteiger partial charge < -0.3 is 15.3 Å². The average molecular weight is 405 g/mol. The maximum absolute atomic E-state index is 12.7. The van der Waals surface area contributed by atoms with Crippen molar-refractivity contribution in [2.45, 2.75) is 64.1 Å². The molecule has 6 heteroatoms. The minimum absolute atomic E-state index is 0.0426. The molecule has 0 unspecified atom stereocenters. The molecule has 0 radical (unpaired) electrons. The van der Waals surface area contributed by atoms with Gasteiger partial charge in [-0.2, -0.15) is 0 Å². The Bertz CT molecular complexity index is 823. The van der Waals surface area contributed by atoms with Crippen molar-refractivity contribution in [3.63, 3.8) is 0 Å². The summed E-state index contributed by atoms with van der Waals surface area (Å²) in [5.74, 6) is -0.820. The molecular weight excluding hydrogens is 376 g/mol. The summed E-state index contributed by atoms with van der Waals surface area (Å²) in [4.78, 5) is 23.9. The third-order valence-corrected chi connectivity index (χ3v) is 5.87. The van der Waals surface area contributed by atoms with Gasteiger partial charge in [0, 0.05) is 28.5 Å². The first kappa shape index (κ1) is 22.3. The predicted molar refractivity (Wildman–Crippen MR) is 113 cm³/mol. The van der Waals surface area contributed by atoms with E-state index in [9.17, 15) is 19.8 Å². The van der Waals surface area contributed by atoms with Gasteiger partial charge in [0.05, 0.1) is 17.1 Å². The highest BCUT2D eigenvalue weighted by molar-refractivity contribution is 7.21. The van der Waals surface area contributed by atoms with Crippen molar-refractivity contribution in [3.8, 4) is 0 Å². The molecule has 1 aromatic heterocycles. The fourth-order valence-corrected chi connectivity index (χ4v) is 4.20. The molecule has 0 aliphatic carbocycles. The van der Waals surface area contributed by atoms with Gasteiger partial charge >= 0.3 is 5.97 Å². The van der Waals surface area contributed by atoms with Crippen molar-refractivity contribution in [2.75, 3.05) is 0 Å². The summed E-state index contributed by atoms with van der Waals surface area (Å²) in [6, 6.07) is 7.76. The number of hydrogen-bond acceptors (Lipinski definition) is 5. The van der Waals surface area contributed by atoms with E-state index in [1.54, 1.807) is 6.08 Å². The first-order valence-corrected chi connectivity index (χ1v) is 10.6. The smallest absolute Gasteiger partial charge is 0.303 e. The van der Waals surface area contributed by atoms with Crippen LogP contribution in [0.3, 0.4) is 0 Å². The molecule has 5 nitrogen and oxygen atoms in total. The summed E-state index contributed by atoms with van der Waals surface area (Å²) in [5.41, 5.74) is 0.777. The Morgan fingerprint density at radius 2 is 1.86 bits per heavy atom. The fraction of sp³-hybridized carbons (Fsp3) is 0.455. The Morgan fingerprint density at radius 1 is 1.11 bits per heavy atom. The van der Waals surface area contributed by atoms with E-state index in [0.29, 0.717) is 17.7 Å². The number of rotatable bonds is 12. The van der Waals surface area contributed by atoms with Gasteiger partial charge in [-0.15, -0.1) is 11.3 Å². The van der Waals surface area contributed by atoms with E-state index in [-0.39, 0.29) is 18.6 Å². The number of carboxylic acid groups (broad SMARTS) is 1. The van der Waals surface area contributed by atoms with Crippen LogP contribution < -0.4 is 0 Å². The minimum atomic E-state index is -1.12. The van der Waals surface area contributed by atoms with Gasteiger partial charge in [-0.1, -0.05) is 50.1 Å². The van der Waals surface area contributed by atoms with Crippen molar-refractivity contribution in [1.29, 1.82) is 0 Å². The number of carbonyl (C=O) groups is 2.